The number of allylic oxidation sites excluding steroid dienone is 2. The summed E-state index contributed by atoms with van der Waals surface area (Å²) in [5.41, 5.74) is 0. The highest BCUT2D eigenvalue weighted by atomic mass is 79.9. The van der Waals surface area contributed by atoms with E-state index in [0.717, 1.165) is 25.7 Å². The monoisotopic (exact) mass is 568 g/mol. The first-order chi connectivity index (χ1) is 16.4. The third-order valence-corrected chi connectivity index (χ3v) is 9.52. The molecule has 0 heterocycles. The zero-order chi connectivity index (χ0) is 25.5. The van der Waals surface area contributed by atoms with E-state index in [1.807, 2.05) is 0 Å². The Morgan fingerprint density at radius 2 is 1.35 bits per heavy atom. The Morgan fingerprint density at radius 3 is 1.88 bits per heavy atom. The normalized spacial score (nSPS) is 13.9. The Hall–Kier alpha value is -0.200. The van der Waals surface area contributed by atoms with Gasteiger partial charge in [0.25, 0.3) is 0 Å². The van der Waals surface area contributed by atoms with Crippen LogP contribution >= 0.6 is 23.5 Å². The molecule has 0 aromatic rings. The number of halogens is 1. The molecule has 0 saturated heterocycles. The highest BCUT2D eigenvalue weighted by molar-refractivity contribution is 9.10. The molecule has 0 aliphatic rings. The van der Waals surface area contributed by atoms with E-state index in [1.165, 1.54) is 57.8 Å². The molecule has 6 nitrogen and oxygen atoms in total. The van der Waals surface area contributed by atoms with Gasteiger partial charge in [-0.1, -0.05) is 86.4 Å². The van der Waals surface area contributed by atoms with Crippen LogP contribution in [0.15, 0.2) is 12.2 Å². The third-order valence-electron chi connectivity index (χ3n) is 5.51. The van der Waals surface area contributed by atoms with Crippen molar-refractivity contribution in [2.75, 3.05) is 19.8 Å². The molecule has 2 atom stereocenters. The second kappa shape index (κ2) is 23.2. The molecule has 0 saturated carbocycles. The van der Waals surface area contributed by atoms with Crippen molar-refractivity contribution in [1.82, 2.24) is 0 Å². The first-order valence-corrected chi connectivity index (χ1v) is 15.9. The van der Waals surface area contributed by atoms with Crippen molar-refractivity contribution in [2.24, 2.45) is 0 Å². The lowest BCUT2D eigenvalue weighted by atomic mass is 10.1. The molecule has 0 spiro atoms. The minimum Gasteiger partial charge on any atom is -0.463 e. The van der Waals surface area contributed by atoms with Gasteiger partial charge in [0.2, 0.25) is 0 Å². The standard InChI is InChI=1S/C26H50BrO6P/c1-4-7-8-9-10-11-12-13-14-15-16-17-18-19-20-21-26(29)31-23-24(28)22-25(27)34(30,32-5-2)33-6-3/h13-14,24-25,28H,4-12,15-23H2,1-3H3/b14-13-/t24-,25?/m0/s1. The van der Waals surface area contributed by atoms with Crippen LogP contribution in [-0.4, -0.2) is 41.6 Å². The lowest BCUT2D eigenvalue weighted by Gasteiger charge is -2.23. The Morgan fingerprint density at radius 1 is 0.853 bits per heavy atom. The fourth-order valence-electron chi connectivity index (χ4n) is 3.58. The summed E-state index contributed by atoms with van der Waals surface area (Å²) in [6.07, 6.45) is 19.9. The van der Waals surface area contributed by atoms with Crippen molar-refractivity contribution in [3.8, 4) is 0 Å². The molecule has 8 heteroatoms. The minimum absolute atomic E-state index is 0.109. The van der Waals surface area contributed by atoms with Crippen LogP contribution in [0.2, 0.25) is 0 Å². The lowest BCUT2D eigenvalue weighted by Crippen LogP contribution is -2.23. The van der Waals surface area contributed by atoms with Crippen LogP contribution in [0, 0.1) is 0 Å². The molecule has 0 fully saturated rings. The first kappa shape index (κ1) is 33.8. The first-order valence-electron chi connectivity index (χ1n) is 13.4. The van der Waals surface area contributed by atoms with Crippen molar-refractivity contribution in [3.05, 3.63) is 12.2 Å². The van der Waals surface area contributed by atoms with Crippen LogP contribution in [0.3, 0.4) is 0 Å². The van der Waals surface area contributed by atoms with Crippen molar-refractivity contribution >= 4 is 29.5 Å². The average Bonchev–Trinajstić information content (AvgIpc) is 2.80. The van der Waals surface area contributed by atoms with E-state index in [2.05, 4.69) is 35.0 Å². The van der Waals surface area contributed by atoms with Crippen molar-refractivity contribution in [2.45, 2.75) is 128 Å². The van der Waals surface area contributed by atoms with Crippen LogP contribution in [0.25, 0.3) is 0 Å². The van der Waals surface area contributed by atoms with Crippen LogP contribution in [0.4, 0.5) is 0 Å². The number of aliphatic hydroxyl groups excluding tert-OH is 1. The predicted octanol–water partition coefficient (Wildman–Crippen LogP) is 8.31. The van der Waals surface area contributed by atoms with E-state index >= 15 is 0 Å². The van der Waals surface area contributed by atoms with E-state index in [0.29, 0.717) is 6.42 Å². The smallest absolute Gasteiger partial charge is 0.344 e. The van der Waals surface area contributed by atoms with Crippen LogP contribution in [0.1, 0.15) is 117 Å². The van der Waals surface area contributed by atoms with E-state index in [-0.39, 0.29) is 32.2 Å². The fraction of sp³-hybridized carbons (Fsp3) is 0.885. The molecule has 1 unspecified atom stereocenters. The Kier molecular flexibility index (Phi) is 23.1. The largest absolute Gasteiger partial charge is 0.463 e. The topological polar surface area (TPSA) is 82.1 Å². The number of carbonyl (C=O) groups excluding carboxylic acids is 1. The Bertz CT molecular complexity index is 547. The maximum Gasteiger partial charge on any atom is 0.344 e. The average molecular weight is 570 g/mol. The number of unbranched alkanes of at least 4 members (excludes halogenated alkanes) is 11. The summed E-state index contributed by atoms with van der Waals surface area (Å²) in [6, 6.07) is 0. The molecule has 0 radical (unpaired) electrons. The van der Waals surface area contributed by atoms with Gasteiger partial charge in [0.1, 0.15) is 11.2 Å². The van der Waals surface area contributed by atoms with Gasteiger partial charge in [-0.05, 0) is 46.0 Å². The second-order valence-corrected chi connectivity index (χ2v) is 12.7. The summed E-state index contributed by atoms with van der Waals surface area (Å²) < 4.78 is 27.7. The number of ether oxygens (including phenoxy) is 1. The van der Waals surface area contributed by atoms with Gasteiger partial charge in [0.15, 0.2) is 0 Å². The molecule has 202 valence electrons. The zero-order valence-corrected chi connectivity index (χ0v) is 24.3. The third kappa shape index (κ3) is 19.0. The van der Waals surface area contributed by atoms with Crippen LogP contribution in [0.5, 0.6) is 0 Å². The van der Waals surface area contributed by atoms with Gasteiger partial charge in [-0.2, -0.15) is 0 Å². The zero-order valence-electron chi connectivity index (χ0n) is 21.9. The number of aliphatic hydroxyl groups is 1. The molecule has 0 aromatic heterocycles. The number of hydrogen-bond acceptors (Lipinski definition) is 6. The second-order valence-electron chi connectivity index (χ2n) is 8.72. The highest BCUT2D eigenvalue weighted by Gasteiger charge is 2.35. The summed E-state index contributed by atoms with van der Waals surface area (Å²) in [4.78, 5) is 11.9. The summed E-state index contributed by atoms with van der Waals surface area (Å²) in [5, 5.41) is 10.1. The lowest BCUT2D eigenvalue weighted by molar-refractivity contribution is -0.146. The van der Waals surface area contributed by atoms with Crippen molar-refractivity contribution in [3.63, 3.8) is 0 Å². The molecule has 0 rings (SSSR count). The predicted molar refractivity (Wildman–Crippen MR) is 145 cm³/mol. The van der Waals surface area contributed by atoms with E-state index in [9.17, 15) is 14.5 Å². The van der Waals surface area contributed by atoms with E-state index < -0.39 is 18.3 Å². The SMILES string of the molecule is CCCCCCCC/C=C\CCCCCCCC(=O)OC[C@@H](O)CC(Br)P(=O)(OCC)OCC. The number of rotatable bonds is 24. The maximum atomic E-state index is 12.6. The Balaban J connectivity index is 3.70. The van der Waals surface area contributed by atoms with E-state index in [1.54, 1.807) is 13.8 Å². The maximum absolute atomic E-state index is 12.6. The molecular formula is C26H50BrO6P. The van der Waals surface area contributed by atoms with Gasteiger partial charge in [0, 0.05) is 12.8 Å². The molecule has 0 bridgehead atoms. The molecule has 0 aliphatic heterocycles. The quantitative estimate of drug-likeness (QED) is 0.0414. The van der Waals surface area contributed by atoms with Gasteiger partial charge in [-0.3, -0.25) is 9.36 Å². The Labute approximate surface area is 217 Å². The summed E-state index contributed by atoms with van der Waals surface area (Å²) in [7, 11) is -3.35. The molecule has 34 heavy (non-hydrogen) atoms. The minimum atomic E-state index is -3.35. The van der Waals surface area contributed by atoms with Gasteiger partial charge in [0.05, 0.1) is 19.3 Å². The molecule has 0 amide bonds. The van der Waals surface area contributed by atoms with Gasteiger partial charge in [-0.15, -0.1) is 0 Å². The number of alkyl halides is 1. The van der Waals surface area contributed by atoms with Crippen molar-refractivity contribution in [1.29, 1.82) is 0 Å². The van der Waals surface area contributed by atoms with Crippen LogP contribution in [-0.2, 0) is 23.1 Å². The number of carbonyl (C=O) groups is 1. The van der Waals surface area contributed by atoms with Gasteiger partial charge >= 0.3 is 13.6 Å². The number of hydrogen-bond donors (Lipinski definition) is 1. The summed E-state index contributed by atoms with van der Waals surface area (Å²) in [5.74, 6) is -0.305. The highest BCUT2D eigenvalue weighted by Crippen LogP contribution is 2.57. The molecule has 1 N–H and O–H groups in total. The summed E-state index contributed by atoms with van der Waals surface area (Å²) >= 11 is 3.30. The number of esters is 1. The van der Waals surface area contributed by atoms with Crippen LogP contribution < -0.4 is 0 Å². The molecule has 0 aliphatic carbocycles. The van der Waals surface area contributed by atoms with Gasteiger partial charge < -0.3 is 18.9 Å². The molecular weight excluding hydrogens is 519 g/mol. The fourth-order valence-corrected chi connectivity index (χ4v) is 6.34. The van der Waals surface area contributed by atoms with E-state index in [4.69, 9.17) is 13.8 Å². The van der Waals surface area contributed by atoms with Crippen molar-refractivity contribution < 1.29 is 28.3 Å². The summed E-state index contributed by atoms with van der Waals surface area (Å²) in [6.45, 7) is 6.10. The van der Waals surface area contributed by atoms with Gasteiger partial charge in [-0.25, -0.2) is 0 Å². The molecule has 0 aromatic carbocycles.